The third-order valence-corrected chi connectivity index (χ3v) is 4.04. The molecule has 1 saturated carbocycles. The molecule has 1 aromatic heterocycles. The Kier molecular flexibility index (Phi) is 2.53. The van der Waals surface area contributed by atoms with Crippen molar-refractivity contribution in [3.05, 3.63) is 24.3 Å². The first kappa shape index (κ1) is 10.1. The molecule has 0 saturated heterocycles. The van der Waals surface area contributed by atoms with Gasteiger partial charge in [-0.2, -0.15) is 4.37 Å². The average Bonchev–Trinajstić information content (AvgIpc) is 2.66. The summed E-state index contributed by atoms with van der Waals surface area (Å²) in [6.07, 6.45) is 2.31. The van der Waals surface area contributed by atoms with Crippen LogP contribution in [0, 0.1) is 5.92 Å². The predicted octanol–water partition coefficient (Wildman–Crippen LogP) is 2.45. The van der Waals surface area contributed by atoms with Gasteiger partial charge in [0.05, 0.1) is 5.52 Å². The molecule has 16 heavy (non-hydrogen) atoms. The fraction of sp³-hybridized carbons (Fsp3) is 0.417. The summed E-state index contributed by atoms with van der Waals surface area (Å²) >= 11 is 1.55. The van der Waals surface area contributed by atoms with Gasteiger partial charge in [0.25, 0.3) is 0 Å². The van der Waals surface area contributed by atoms with Gasteiger partial charge in [-0.3, -0.25) is 0 Å². The topological polar surface area (TPSA) is 50.9 Å². The normalized spacial score (nSPS) is 24.3. The van der Waals surface area contributed by atoms with Crippen molar-refractivity contribution >= 4 is 27.4 Å². The minimum absolute atomic E-state index is 0.435. The molecular weight excluding hydrogens is 218 g/mol. The van der Waals surface area contributed by atoms with Crippen molar-refractivity contribution in [1.82, 2.24) is 4.37 Å². The van der Waals surface area contributed by atoms with E-state index in [1.807, 2.05) is 6.07 Å². The third-order valence-electron chi connectivity index (χ3n) is 3.21. The summed E-state index contributed by atoms with van der Waals surface area (Å²) in [7, 11) is 0. The van der Waals surface area contributed by atoms with Crippen LogP contribution >= 0.6 is 11.5 Å². The van der Waals surface area contributed by atoms with E-state index in [-0.39, 0.29) is 0 Å². The molecule has 0 bridgehead atoms. The van der Waals surface area contributed by atoms with E-state index in [9.17, 15) is 0 Å². The van der Waals surface area contributed by atoms with Crippen molar-refractivity contribution in [2.45, 2.75) is 18.9 Å². The zero-order valence-corrected chi connectivity index (χ0v) is 9.83. The number of hydrogen-bond acceptors (Lipinski definition) is 4. The van der Waals surface area contributed by atoms with Gasteiger partial charge in [-0.05, 0) is 42.4 Å². The fourth-order valence-corrected chi connectivity index (χ4v) is 2.98. The van der Waals surface area contributed by atoms with E-state index in [2.05, 4.69) is 27.9 Å². The van der Waals surface area contributed by atoms with Crippen molar-refractivity contribution in [3.63, 3.8) is 0 Å². The van der Waals surface area contributed by atoms with Gasteiger partial charge in [-0.25, -0.2) is 0 Å². The summed E-state index contributed by atoms with van der Waals surface area (Å²) in [6, 6.07) is 8.69. The Bertz CT molecular complexity index is 488. The number of hydrogen-bond donors (Lipinski definition) is 2. The van der Waals surface area contributed by atoms with Crippen LogP contribution in [0.3, 0.4) is 0 Å². The van der Waals surface area contributed by atoms with E-state index in [4.69, 9.17) is 5.73 Å². The SMILES string of the molecule is NC1CC(CNc2snc3ccccc23)C1. The minimum atomic E-state index is 0.435. The lowest BCUT2D eigenvalue weighted by Crippen LogP contribution is -2.39. The zero-order chi connectivity index (χ0) is 11.0. The smallest absolute Gasteiger partial charge is 0.117 e. The quantitative estimate of drug-likeness (QED) is 0.856. The Morgan fingerprint density at radius 1 is 1.38 bits per heavy atom. The zero-order valence-electron chi connectivity index (χ0n) is 9.02. The summed E-state index contributed by atoms with van der Waals surface area (Å²) in [5.74, 6) is 0.746. The maximum absolute atomic E-state index is 5.77. The number of benzene rings is 1. The van der Waals surface area contributed by atoms with Crippen molar-refractivity contribution < 1.29 is 0 Å². The predicted molar refractivity (Wildman–Crippen MR) is 68.8 cm³/mol. The van der Waals surface area contributed by atoms with Gasteiger partial charge in [0, 0.05) is 18.0 Å². The molecule has 4 heteroatoms. The van der Waals surface area contributed by atoms with E-state index < -0.39 is 0 Å². The molecule has 3 N–H and O–H groups in total. The van der Waals surface area contributed by atoms with Crippen molar-refractivity contribution in [2.24, 2.45) is 11.7 Å². The lowest BCUT2D eigenvalue weighted by molar-refractivity contribution is 0.280. The Hall–Kier alpha value is -1.13. The first-order valence-corrected chi connectivity index (χ1v) is 6.44. The second-order valence-electron chi connectivity index (χ2n) is 4.51. The molecule has 0 unspecified atom stereocenters. The Labute approximate surface area is 98.8 Å². The van der Waals surface area contributed by atoms with Crippen molar-refractivity contribution in [2.75, 3.05) is 11.9 Å². The maximum atomic E-state index is 5.77. The fourth-order valence-electron chi connectivity index (χ4n) is 2.21. The molecule has 2 aromatic rings. The highest BCUT2D eigenvalue weighted by atomic mass is 32.1. The van der Waals surface area contributed by atoms with Gasteiger partial charge in [-0.1, -0.05) is 12.1 Å². The molecule has 0 aliphatic heterocycles. The van der Waals surface area contributed by atoms with E-state index in [1.54, 1.807) is 11.5 Å². The van der Waals surface area contributed by atoms with Crippen LogP contribution < -0.4 is 11.1 Å². The molecule has 1 aromatic carbocycles. The number of nitrogens with zero attached hydrogens (tertiary/aromatic N) is 1. The van der Waals surface area contributed by atoms with Crippen molar-refractivity contribution in [1.29, 1.82) is 0 Å². The van der Waals surface area contributed by atoms with Gasteiger partial charge in [0.1, 0.15) is 5.00 Å². The van der Waals surface area contributed by atoms with Gasteiger partial charge in [0.2, 0.25) is 0 Å². The summed E-state index contributed by atoms with van der Waals surface area (Å²) < 4.78 is 4.41. The summed E-state index contributed by atoms with van der Waals surface area (Å²) in [6.45, 7) is 1.03. The Morgan fingerprint density at radius 2 is 2.19 bits per heavy atom. The van der Waals surface area contributed by atoms with Gasteiger partial charge in [-0.15, -0.1) is 0 Å². The molecule has 0 spiro atoms. The molecule has 1 aliphatic rings. The second kappa shape index (κ2) is 4.03. The molecule has 84 valence electrons. The molecule has 0 amide bonds. The van der Waals surface area contributed by atoms with Gasteiger partial charge >= 0.3 is 0 Å². The lowest BCUT2D eigenvalue weighted by Gasteiger charge is -2.32. The van der Waals surface area contributed by atoms with Crippen molar-refractivity contribution in [3.8, 4) is 0 Å². The minimum Gasteiger partial charge on any atom is -0.375 e. The summed E-state index contributed by atoms with van der Waals surface area (Å²) in [5, 5.41) is 5.91. The molecule has 3 nitrogen and oxygen atoms in total. The highest BCUT2D eigenvalue weighted by Crippen LogP contribution is 2.30. The third kappa shape index (κ3) is 1.79. The van der Waals surface area contributed by atoms with Crippen LogP contribution in [0.1, 0.15) is 12.8 Å². The maximum Gasteiger partial charge on any atom is 0.117 e. The van der Waals surface area contributed by atoms with Crippen LogP contribution in [0.4, 0.5) is 5.00 Å². The van der Waals surface area contributed by atoms with Crippen LogP contribution in [-0.2, 0) is 0 Å². The molecule has 1 aliphatic carbocycles. The van der Waals surface area contributed by atoms with Gasteiger partial charge in [0.15, 0.2) is 0 Å². The summed E-state index contributed by atoms with van der Waals surface area (Å²) in [5.41, 5.74) is 6.85. The second-order valence-corrected chi connectivity index (χ2v) is 5.28. The van der Waals surface area contributed by atoms with Gasteiger partial charge < -0.3 is 11.1 Å². The summed E-state index contributed by atoms with van der Waals surface area (Å²) in [4.78, 5) is 0. The standard InChI is InChI=1S/C12H15N3S/c13-9-5-8(6-9)7-14-12-10-3-1-2-4-11(10)15-16-12/h1-4,8-9,14H,5-7,13H2. The molecule has 1 fully saturated rings. The molecule has 0 atom stereocenters. The monoisotopic (exact) mass is 233 g/mol. The van der Waals surface area contributed by atoms with Crippen LogP contribution in [0.15, 0.2) is 24.3 Å². The number of rotatable bonds is 3. The van der Waals surface area contributed by atoms with E-state index in [0.717, 1.165) is 30.8 Å². The van der Waals surface area contributed by atoms with Crippen LogP contribution in [0.2, 0.25) is 0 Å². The lowest BCUT2D eigenvalue weighted by atomic mass is 9.81. The molecule has 1 heterocycles. The number of aromatic nitrogens is 1. The molecule has 3 rings (SSSR count). The average molecular weight is 233 g/mol. The van der Waals surface area contributed by atoms with E-state index >= 15 is 0 Å². The number of nitrogens with two attached hydrogens (primary N) is 1. The Balaban J connectivity index is 1.70. The number of fused-ring (bicyclic) bond motifs is 1. The van der Waals surface area contributed by atoms with Crippen LogP contribution in [0.25, 0.3) is 10.9 Å². The molecule has 0 radical (unpaired) electrons. The molecular formula is C12H15N3S. The number of nitrogens with one attached hydrogen (secondary N) is 1. The highest BCUT2D eigenvalue weighted by Gasteiger charge is 2.25. The number of anilines is 1. The van der Waals surface area contributed by atoms with Crippen LogP contribution in [0.5, 0.6) is 0 Å². The first-order valence-electron chi connectivity index (χ1n) is 5.67. The Morgan fingerprint density at radius 3 is 3.00 bits per heavy atom. The largest absolute Gasteiger partial charge is 0.375 e. The highest BCUT2D eigenvalue weighted by molar-refractivity contribution is 7.11. The van der Waals surface area contributed by atoms with Crippen LogP contribution in [-0.4, -0.2) is 17.0 Å². The van der Waals surface area contributed by atoms with E-state index in [0.29, 0.717) is 6.04 Å². The van der Waals surface area contributed by atoms with E-state index in [1.165, 1.54) is 10.4 Å². The first-order chi connectivity index (χ1) is 7.83.